The van der Waals surface area contributed by atoms with E-state index in [0.29, 0.717) is 12.2 Å². The molecule has 6 unspecified atom stereocenters. The Morgan fingerprint density at radius 1 is 0.971 bits per heavy atom. The summed E-state index contributed by atoms with van der Waals surface area (Å²) in [5, 5.41) is 27.2. The van der Waals surface area contributed by atoms with Crippen LogP contribution in [0.2, 0.25) is 0 Å². The van der Waals surface area contributed by atoms with Gasteiger partial charge in [-0.15, -0.1) is 0 Å². The quantitative estimate of drug-likeness (QED) is 0.195. The molecular formula is C24H38N4O6S. The van der Waals surface area contributed by atoms with Crippen LogP contribution in [0.4, 0.5) is 0 Å². The van der Waals surface area contributed by atoms with Gasteiger partial charge in [0.25, 0.3) is 0 Å². The second-order valence-electron chi connectivity index (χ2n) is 8.58. The van der Waals surface area contributed by atoms with Crippen LogP contribution in [0.15, 0.2) is 30.3 Å². The smallest absolute Gasteiger partial charge is 0.326 e. The maximum absolute atomic E-state index is 13.0. The first kappa shape index (κ1) is 30.4. The van der Waals surface area contributed by atoms with Gasteiger partial charge in [-0.25, -0.2) is 4.79 Å². The fourth-order valence-electron chi connectivity index (χ4n) is 3.33. The molecule has 0 bridgehead atoms. The highest BCUT2D eigenvalue weighted by Crippen LogP contribution is 2.10. The highest BCUT2D eigenvalue weighted by atomic mass is 32.2. The number of aliphatic carboxylic acids is 1. The average Bonchev–Trinajstić information content (AvgIpc) is 2.82. The summed E-state index contributed by atoms with van der Waals surface area (Å²) in [6, 6.07) is 4.68. The Balaban J connectivity index is 2.91. The van der Waals surface area contributed by atoms with Gasteiger partial charge in [0.15, 0.2) is 0 Å². The number of thioether (sulfide) groups is 1. The highest BCUT2D eigenvalue weighted by Gasteiger charge is 2.33. The van der Waals surface area contributed by atoms with Gasteiger partial charge in [-0.2, -0.15) is 11.8 Å². The third-order valence-electron chi connectivity index (χ3n) is 5.72. The number of carbonyl (C=O) groups is 4. The molecule has 7 N–H and O–H groups in total. The van der Waals surface area contributed by atoms with E-state index in [1.165, 1.54) is 18.7 Å². The molecule has 0 saturated carbocycles. The van der Waals surface area contributed by atoms with Crippen LogP contribution in [-0.2, 0) is 25.6 Å². The molecule has 10 nitrogen and oxygen atoms in total. The molecule has 35 heavy (non-hydrogen) atoms. The van der Waals surface area contributed by atoms with Crippen LogP contribution in [-0.4, -0.2) is 76.2 Å². The number of rotatable bonds is 15. The molecule has 0 spiro atoms. The summed E-state index contributed by atoms with van der Waals surface area (Å²) in [6.45, 7) is 4.87. The van der Waals surface area contributed by atoms with Crippen LogP contribution in [0.5, 0.6) is 0 Å². The van der Waals surface area contributed by atoms with Gasteiger partial charge in [-0.3, -0.25) is 14.4 Å². The molecule has 0 aliphatic carbocycles. The van der Waals surface area contributed by atoms with Crippen LogP contribution >= 0.6 is 11.8 Å². The third-order valence-corrected chi connectivity index (χ3v) is 6.36. The molecule has 0 saturated heterocycles. The molecule has 0 radical (unpaired) electrons. The first-order valence-corrected chi connectivity index (χ1v) is 13.0. The molecule has 1 aromatic rings. The molecule has 0 aromatic heterocycles. The van der Waals surface area contributed by atoms with Gasteiger partial charge in [0, 0.05) is 0 Å². The molecule has 6 atom stereocenters. The van der Waals surface area contributed by atoms with Crippen molar-refractivity contribution in [1.82, 2.24) is 16.0 Å². The lowest BCUT2D eigenvalue weighted by molar-refractivity contribution is -0.144. The van der Waals surface area contributed by atoms with Gasteiger partial charge in [0.2, 0.25) is 17.7 Å². The Labute approximate surface area is 210 Å². The Hall–Kier alpha value is -2.63. The summed E-state index contributed by atoms with van der Waals surface area (Å²) in [5.41, 5.74) is 6.83. The maximum atomic E-state index is 13.0. The minimum atomic E-state index is -1.35. The standard InChI is InChI=1S/C24H38N4O6S/c1-5-14(2)19(24(33)34)27-22(31)18(11-12-35-4)26-23(32)20(15(3)29)28-21(30)17(25)13-16-9-7-6-8-10-16/h6-10,14-15,17-20,29H,5,11-13,25H2,1-4H3,(H,26,32)(H,27,31)(H,28,30)(H,33,34). The Morgan fingerprint density at radius 2 is 1.57 bits per heavy atom. The molecule has 11 heteroatoms. The molecule has 1 aromatic carbocycles. The summed E-state index contributed by atoms with van der Waals surface area (Å²) in [7, 11) is 0. The van der Waals surface area contributed by atoms with E-state index in [9.17, 15) is 29.4 Å². The number of hydrogen-bond donors (Lipinski definition) is 6. The SMILES string of the molecule is CCC(C)C(NC(=O)C(CCSC)NC(=O)C(NC(=O)C(N)Cc1ccccc1)C(C)O)C(=O)O. The maximum Gasteiger partial charge on any atom is 0.326 e. The molecule has 0 heterocycles. The predicted octanol–water partition coefficient (Wildman–Crippen LogP) is 0.275. The molecule has 196 valence electrons. The average molecular weight is 511 g/mol. The topological polar surface area (TPSA) is 171 Å². The van der Waals surface area contributed by atoms with Crippen LogP contribution in [0.25, 0.3) is 0 Å². The number of nitrogens with two attached hydrogens (primary N) is 1. The van der Waals surface area contributed by atoms with Crippen molar-refractivity contribution in [2.75, 3.05) is 12.0 Å². The van der Waals surface area contributed by atoms with Crippen LogP contribution in [0, 0.1) is 5.92 Å². The van der Waals surface area contributed by atoms with Crippen molar-refractivity contribution in [2.24, 2.45) is 11.7 Å². The number of aliphatic hydroxyl groups excluding tert-OH is 1. The van der Waals surface area contributed by atoms with E-state index in [1.54, 1.807) is 6.92 Å². The van der Waals surface area contributed by atoms with Gasteiger partial charge < -0.3 is 31.9 Å². The van der Waals surface area contributed by atoms with Crippen molar-refractivity contribution >= 4 is 35.5 Å². The predicted molar refractivity (Wildman–Crippen MR) is 136 cm³/mol. The van der Waals surface area contributed by atoms with Gasteiger partial charge in [-0.05, 0) is 43.3 Å². The molecule has 0 aliphatic rings. The van der Waals surface area contributed by atoms with Crippen molar-refractivity contribution in [3.05, 3.63) is 35.9 Å². The first-order chi connectivity index (χ1) is 16.5. The third kappa shape index (κ3) is 10.3. The van der Waals surface area contributed by atoms with Gasteiger partial charge in [-0.1, -0.05) is 50.6 Å². The summed E-state index contributed by atoms with van der Waals surface area (Å²) in [4.78, 5) is 50.1. The fourth-order valence-corrected chi connectivity index (χ4v) is 3.80. The summed E-state index contributed by atoms with van der Waals surface area (Å²) in [5.74, 6) is -2.99. The van der Waals surface area contributed by atoms with Crippen LogP contribution < -0.4 is 21.7 Å². The lowest BCUT2D eigenvalue weighted by atomic mass is 9.98. The normalized spacial score (nSPS) is 16.2. The minimum absolute atomic E-state index is 0.236. The van der Waals surface area contributed by atoms with Crippen LogP contribution in [0.3, 0.4) is 0 Å². The fraction of sp³-hybridized carbons (Fsp3) is 0.583. The number of benzene rings is 1. The number of carboxylic acid groups (broad SMARTS) is 1. The van der Waals surface area contributed by atoms with Crippen molar-refractivity contribution in [1.29, 1.82) is 0 Å². The van der Waals surface area contributed by atoms with Crippen molar-refractivity contribution in [2.45, 2.75) is 70.3 Å². The number of carbonyl (C=O) groups excluding carboxylic acids is 3. The molecule has 0 fully saturated rings. The van der Waals surface area contributed by atoms with Crippen LogP contribution in [0.1, 0.15) is 39.2 Å². The van der Waals surface area contributed by atoms with Gasteiger partial charge in [0.05, 0.1) is 12.1 Å². The largest absolute Gasteiger partial charge is 0.480 e. The van der Waals surface area contributed by atoms with Gasteiger partial charge >= 0.3 is 5.97 Å². The molecular weight excluding hydrogens is 472 g/mol. The number of nitrogens with one attached hydrogen (secondary N) is 3. The first-order valence-electron chi connectivity index (χ1n) is 11.6. The van der Waals surface area contributed by atoms with Crippen molar-refractivity contribution < 1.29 is 29.4 Å². The van der Waals surface area contributed by atoms with E-state index in [0.717, 1.165) is 5.56 Å². The minimum Gasteiger partial charge on any atom is -0.480 e. The number of hydrogen-bond acceptors (Lipinski definition) is 7. The lowest BCUT2D eigenvalue weighted by Crippen LogP contribution is -2.60. The lowest BCUT2D eigenvalue weighted by Gasteiger charge is -2.27. The zero-order valence-corrected chi connectivity index (χ0v) is 21.5. The number of aliphatic hydroxyl groups is 1. The van der Waals surface area contributed by atoms with Crippen molar-refractivity contribution in [3.63, 3.8) is 0 Å². The van der Waals surface area contributed by atoms with E-state index in [4.69, 9.17) is 5.73 Å². The van der Waals surface area contributed by atoms with E-state index in [1.807, 2.05) is 43.5 Å². The second-order valence-corrected chi connectivity index (χ2v) is 9.56. The highest BCUT2D eigenvalue weighted by molar-refractivity contribution is 7.98. The van der Waals surface area contributed by atoms with E-state index >= 15 is 0 Å². The Kier molecular flexibility index (Phi) is 13.4. The van der Waals surface area contributed by atoms with E-state index < -0.39 is 54.0 Å². The summed E-state index contributed by atoms with van der Waals surface area (Å²) in [6.07, 6.45) is 1.59. The van der Waals surface area contributed by atoms with Crippen molar-refractivity contribution in [3.8, 4) is 0 Å². The summed E-state index contributed by atoms with van der Waals surface area (Å²) >= 11 is 1.46. The number of carboxylic acids is 1. The van der Waals surface area contributed by atoms with Gasteiger partial charge in [0.1, 0.15) is 18.1 Å². The molecule has 0 aliphatic heterocycles. The monoisotopic (exact) mass is 510 g/mol. The zero-order chi connectivity index (χ0) is 26.5. The Bertz CT molecular complexity index is 839. The molecule has 3 amide bonds. The van der Waals surface area contributed by atoms with E-state index in [2.05, 4.69) is 16.0 Å². The van der Waals surface area contributed by atoms with E-state index in [-0.39, 0.29) is 18.8 Å². The molecule has 1 rings (SSSR count). The zero-order valence-electron chi connectivity index (χ0n) is 20.7. The second kappa shape index (κ2) is 15.4. The number of amides is 3. The summed E-state index contributed by atoms with van der Waals surface area (Å²) < 4.78 is 0. The Morgan fingerprint density at radius 3 is 2.09 bits per heavy atom.